The van der Waals surface area contributed by atoms with Gasteiger partial charge in [0.1, 0.15) is 11.2 Å². The number of carbonyl (C=O) groups excluding carboxylic acids is 1. The third-order valence-corrected chi connectivity index (χ3v) is 6.65. The molecule has 3 aromatic heterocycles. The van der Waals surface area contributed by atoms with Gasteiger partial charge in [-0.3, -0.25) is 9.59 Å². The predicted octanol–water partition coefficient (Wildman–Crippen LogP) is 1.65. The van der Waals surface area contributed by atoms with E-state index in [0.29, 0.717) is 29.9 Å². The van der Waals surface area contributed by atoms with Crippen LogP contribution in [0.25, 0.3) is 11.0 Å². The van der Waals surface area contributed by atoms with Gasteiger partial charge in [-0.2, -0.15) is 0 Å². The number of carboxylic acid groups (broad SMARTS) is 1. The Bertz CT molecular complexity index is 1440. The SMILES string of the molecule is Cn1cc(C(=O)O)c(=O)c2cc(F)c(NC3CCC(CNCc4cnc5c(n4)NC(=O)CO5)CC3)nc21. The number of carboxylic acids is 1. The summed E-state index contributed by atoms with van der Waals surface area (Å²) < 4.78 is 21.4. The van der Waals surface area contributed by atoms with E-state index in [0.717, 1.165) is 38.3 Å². The van der Waals surface area contributed by atoms with E-state index in [1.165, 1.54) is 10.8 Å². The minimum absolute atomic E-state index is 0.0288. The van der Waals surface area contributed by atoms with Gasteiger partial charge in [0, 0.05) is 25.8 Å². The van der Waals surface area contributed by atoms with E-state index >= 15 is 0 Å². The number of aryl methyl sites for hydroxylation is 1. The lowest BCUT2D eigenvalue weighted by atomic mass is 9.86. The topological polar surface area (TPSA) is 160 Å². The zero-order chi connectivity index (χ0) is 26.1. The van der Waals surface area contributed by atoms with Gasteiger partial charge in [-0.15, -0.1) is 0 Å². The van der Waals surface area contributed by atoms with Gasteiger partial charge in [0.2, 0.25) is 5.43 Å². The Balaban J connectivity index is 1.15. The van der Waals surface area contributed by atoms with Crippen LogP contribution in [0, 0.1) is 11.7 Å². The number of pyridine rings is 2. The van der Waals surface area contributed by atoms with Crippen molar-refractivity contribution in [2.45, 2.75) is 38.3 Å². The number of rotatable bonds is 7. The van der Waals surface area contributed by atoms with Crippen molar-refractivity contribution in [2.24, 2.45) is 13.0 Å². The van der Waals surface area contributed by atoms with Crippen molar-refractivity contribution in [1.29, 1.82) is 0 Å². The van der Waals surface area contributed by atoms with Crippen LogP contribution in [-0.2, 0) is 18.4 Å². The first-order chi connectivity index (χ1) is 17.8. The molecule has 0 atom stereocenters. The van der Waals surface area contributed by atoms with E-state index in [1.54, 1.807) is 13.2 Å². The minimum Gasteiger partial charge on any atom is -0.477 e. The normalized spacial score (nSPS) is 19.1. The lowest BCUT2D eigenvalue weighted by molar-refractivity contribution is -0.118. The zero-order valence-corrected chi connectivity index (χ0v) is 20.1. The van der Waals surface area contributed by atoms with Crippen LogP contribution in [0.4, 0.5) is 16.0 Å². The molecule has 4 N–H and O–H groups in total. The standard InChI is InChI=1S/C24H26FN7O5/c1-32-10-16(24(35)36)19(34)15-6-17(25)20(31-22(15)32)28-13-4-2-12(3-5-13)7-26-8-14-9-27-23-21(29-14)30-18(33)11-37-23/h6,9-10,12-13,26H,2-5,7-8,11H2,1H3,(H,28,31)(H,35,36)(H,29,30,33). The molecule has 1 aliphatic heterocycles. The summed E-state index contributed by atoms with van der Waals surface area (Å²) in [5.41, 5.74) is -0.273. The number of hydrogen-bond donors (Lipinski definition) is 4. The molecule has 0 radical (unpaired) electrons. The highest BCUT2D eigenvalue weighted by molar-refractivity contribution is 5.93. The summed E-state index contributed by atoms with van der Waals surface area (Å²) in [4.78, 5) is 48.0. The summed E-state index contributed by atoms with van der Waals surface area (Å²) in [6.07, 6.45) is 6.32. The average molecular weight is 512 g/mol. The van der Waals surface area contributed by atoms with Gasteiger partial charge < -0.3 is 30.4 Å². The van der Waals surface area contributed by atoms with Gasteiger partial charge >= 0.3 is 5.97 Å². The Kier molecular flexibility index (Phi) is 6.70. The van der Waals surface area contributed by atoms with Crippen LogP contribution >= 0.6 is 0 Å². The molecule has 13 heteroatoms. The lowest BCUT2D eigenvalue weighted by Gasteiger charge is -2.29. The van der Waals surface area contributed by atoms with Crippen LogP contribution in [0.5, 0.6) is 5.88 Å². The zero-order valence-electron chi connectivity index (χ0n) is 20.1. The van der Waals surface area contributed by atoms with E-state index in [4.69, 9.17) is 4.74 Å². The molecule has 1 amide bonds. The molecule has 5 rings (SSSR count). The quantitative estimate of drug-likeness (QED) is 0.367. The molecule has 1 saturated carbocycles. The van der Waals surface area contributed by atoms with E-state index in [-0.39, 0.29) is 35.4 Å². The maximum absolute atomic E-state index is 14.8. The maximum atomic E-state index is 14.8. The molecule has 1 aliphatic carbocycles. The van der Waals surface area contributed by atoms with Crippen LogP contribution in [0.2, 0.25) is 0 Å². The number of amides is 1. The lowest BCUT2D eigenvalue weighted by Crippen LogP contribution is -2.32. The molecule has 0 saturated heterocycles. The van der Waals surface area contributed by atoms with E-state index in [9.17, 15) is 23.9 Å². The predicted molar refractivity (Wildman–Crippen MR) is 131 cm³/mol. The van der Waals surface area contributed by atoms with E-state index < -0.39 is 22.8 Å². The molecule has 3 aromatic rings. The number of nitrogens with one attached hydrogen (secondary N) is 3. The summed E-state index contributed by atoms with van der Waals surface area (Å²) in [6, 6.07) is 1.08. The number of aromatic carboxylic acids is 1. The van der Waals surface area contributed by atoms with E-state index in [1.807, 2.05) is 0 Å². The van der Waals surface area contributed by atoms with Gasteiger partial charge in [-0.25, -0.2) is 24.1 Å². The highest BCUT2D eigenvalue weighted by Crippen LogP contribution is 2.28. The van der Waals surface area contributed by atoms with Crippen molar-refractivity contribution in [3.05, 3.63) is 45.8 Å². The fourth-order valence-corrected chi connectivity index (χ4v) is 4.72. The van der Waals surface area contributed by atoms with Crippen LogP contribution < -0.4 is 26.1 Å². The van der Waals surface area contributed by atoms with Crippen LogP contribution in [-0.4, -0.2) is 55.7 Å². The van der Waals surface area contributed by atoms with E-state index in [2.05, 4.69) is 30.9 Å². The number of ether oxygens (including phenoxy) is 1. The van der Waals surface area contributed by atoms with Crippen LogP contribution in [0.1, 0.15) is 41.7 Å². The molecule has 37 heavy (non-hydrogen) atoms. The fraction of sp³-hybridized carbons (Fsp3) is 0.417. The Morgan fingerprint density at radius 3 is 2.81 bits per heavy atom. The molecular formula is C24H26FN7O5. The first-order valence-electron chi connectivity index (χ1n) is 12.0. The molecule has 1 fully saturated rings. The smallest absolute Gasteiger partial charge is 0.341 e. The first kappa shape index (κ1) is 24.6. The Morgan fingerprint density at radius 1 is 1.27 bits per heavy atom. The minimum atomic E-state index is -1.37. The van der Waals surface area contributed by atoms with Crippen molar-refractivity contribution in [1.82, 2.24) is 24.8 Å². The molecule has 0 aromatic carbocycles. The molecule has 0 spiro atoms. The van der Waals surface area contributed by atoms with Crippen LogP contribution in [0.15, 0.2) is 23.3 Å². The van der Waals surface area contributed by atoms with Gasteiger partial charge in [-0.1, -0.05) is 0 Å². The molecule has 0 bridgehead atoms. The van der Waals surface area contributed by atoms with Gasteiger partial charge in [-0.05, 0) is 44.2 Å². The second-order valence-corrected chi connectivity index (χ2v) is 9.32. The van der Waals surface area contributed by atoms with Crippen molar-refractivity contribution >= 4 is 34.5 Å². The highest BCUT2D eigenvalue weighted by Gasteiger charge is 2.24. The number of nitrogens with zero attached hydrogens (tertiary/aromatic N) is 4. The third-order valence-electron chi connectivity index (χ3n) is 6.65. The summed E-state index contributed by atoms with van der Waals surface area (Å²) in [6.45, 7) is 1.22. The summed E-state index contributed by atoms with van der Waals surface area (Å²) in [7, 11) is 1.57. The van der Waals surface area contributed by atoms with Gasteiger partial charge in [0.05, 0.1) is 17.3 Å². The second-order valence-electron chi connectivity index (χ2n) is 9.32. The average Bonchev–Trinajstić information content (AvgIpc) is 2.87. The fourth-order valence-electron chi connectivity index (χ4n) is 4.72. The number of aromatic nitrogens is 4. The van der Waals surface area contributed by atoms with Gasteiger partial charge in [0.15, 0.2) is 24.1 Å². The monoisotopic (exact) mass is 511 g/mol. The molecule has 0 unspecified atom stereocenters. The summed E-state index contributed by atoms with van der Waals surface area (Å²) >= 11 is 0. The number of fused-ring (bicyclic) bond motifs is 2. The molecule has 2 aliphatic rings. The van der Waals surface area contributed by atoms with Gasteiger partial charge in [0.25, 0.3) is 11.8 Å². The number of anilines is 2. The third kappa shape index (κ3) is 5.21. The van der Waals surface area contributed by atoms with Crippen molar-refractivity contribution < 1.29 is 23.8 Å². The molecule has 194 valence electrons. The van der Waals surface area contributed by atoms with Crippen molar-refractivity contribution in [3.63, 3.8) is 0 Å². The first-order valence-corrected chi connectivity index (χ1v) is 12.0. The second kappa shape index (κ2) is 10.1. The number of carbonyl (C=O) groups is 2. The van der Waals surface area contributed by atoms with Crippen molar-refractivity contribution in [3.8, 4) is 5.88 Å². The molecule has 4 heterocycles. The molecule has 12 nitrogen and oxygen atoms in total. The number of halogens is 1. The summed E-state index contributed by atoms with van der Waals surface area (Å²) in [5.74, 6) is -1.17. The molecular weight excluding hydrogens is 485 g/mol. The Labute approximate surface area is 210 Å². The Hall–Kier alpha value is -4.13. The number of hydrogen-bond acceptors (Lipinski definition) is 9. The van der Waals surface area contributed by atoms with Crippen molar-refractivity contribution in [2.75, 3.05) is 23.8 Å². The summed E-state index contributed by atoms with van der Waals surface area (Å²) in [5, 5.41) is 18.3. The largest absolute Gasteiger partial charge is 0.477 e. The maximum Gasteiger partial charge on any atom is 0.341 e. The Morgan fingerprint density at radius 2 is 2.05 bits per heavy atom. The van der Waals surface area contributed by atoms with Crippen LogP contribution in [0.3, 0.4) is 0 Å². The highest BCUT2D eigenvalue weighted by atomic mass is 19.1.